The van der Waals surface area contributed by atoms with Crippen LogP contribution in [0.4, 0.5) is 0 Å². The van der Waals surface area contributed by atoms with E-state index in [4.69, 9.17) is 5.11 Å². The highest BCUT2D eigenvalue weighted by atomic mass is 16.2. The van der Waals surface area contributed by atoms with E-state index < -0.39 is 0 Å². The SMILES string of the molecule is C=C=C(C)CCO. The lowest BCUT2D eigenvalue weighted by Crippen LogP contribution is -1.80. The zero-order valence-electron chi connectivity index (χ0n) is 4.57. The van der Waals surface area contributed by atoms with E-state index in [9.17, 15) is 0 Å². The van der Waals surface area contributed by atoms with Gasteiger partial charge in [-0.2, -0.15) is 0 Å². The molecule has 0 atom stereocenters. The zero-order valence-corrected chi connectivity index (χ0v) is 4.57. The minimum atomic E-state index is 0.203. The number of rotatable bonds is 2. The largest absolute Gasteiger partial charge is 0.396 e. The molecule has 1 N–H and O–H groups in total. The Labute approximate surface area is 44.0 Å². The first-order valence-electron chi connectivity index (χ1n) is 2.27. The molecule has 40 valence electrons. The molecule has 7 heavy (non-hydrogen) atoms. The molecule has 0 aliphatic rings. The summed E-state index contributed by atoms with van der Waals surface area (Å²) in [6.45, 7) is 5.50. The van der Waals surface area contributed by atoms with Crippen LogP contribution in [0.1, 0.15) is 13.3 Å². The Bertz CT molecular complexity index is 88.4. The van der Waals surface area contributed by atoms with Gasteiger partial charge in [-0.25, -0.2) is 0 Å². The van der Waals surface area contributed by atoms with Gasteiger partial charge in [0.05, 0.1) is 0 Å². The Balaban J connectivity index is 3.37. The third-order valence-electron chi connectivity index (χ3n) is 0.789. The molecule has 0 heterocycles. The van der Waals surface area contributed by atoms with E-state index in [2.05, 4.69) is 12.3 Å². The van der Waals surface area contributed by atoms with Crippen LogP contribution >= 0.6 is 0 Å². The van der Waals surface area contributed by atoms with Crippen LogP contribution in [0.25, 0.3) is 0 Å². The van der Waals surface area contributed by atoms with Crippen LogP contribution in [0.15, 0.2) is 17.9 Å². The molecule has 0 rings (SSSR count). The summed E-state index contributed by atoms with van der Waals surface area (Å²) in [5.41, 5.74) is 3.69. The van der Waals surface area contributed by atoms with Gasteiger partial charge in [-0.3, -0.25) is 0 Å². The summed E-state index contributed by atoms with van der Waals surface area (Å²) >= 11 is 0. The third kappa shape index (κ3) is 3.31. The monoisotopic (exact) mass is 98.1 g/mol. The van der Waals surface area contributed by atoms with Gasteiger partial charge < -0.3 is 5.11 Å². The second-order valence-electron chi connectivity index (χ2n) is 1.43. The molecule has 0 bridgehead atoms. The number of hydrogen-bond donors (Lipinski definition) is 1. The first kappa shape index (κ1) is 6.48. The Morgan fingerprint density at radius 2 is 2.43 bits per heavy atom. The fourth-order valence-corrected chi connectivity index (χ4v) is 0.256. The van der Waals surface area contributed by atoms with Crippen molar-refractivity contribution in [2.24, 2.45) is 0 Å². The van der Waals surface area contributed by atoms with Gasteiger partial charge in [0.1, 0.15) is 0 Å². The molecule has 0 aromatic heterocycles. The van der Waals surface area contributed by atoms with Gasteiger partial charge in [0, 0.05) is 6.61 Å². The summed E-state index contributed by atoms with van der Waals surface area (Å²) in [5.74, 6) is 0. The second-order valence-corrected chi connectivity index (χ2v) is 1.43. The maximum atomic E-state index is 8.28. The maximum Gasteiger partial charge on any atom is 0.0474 e. The highest BCUT2D eigenvalue weighted by Crippen LogP contribution is 1.92. The lowest BCUT2D eigenvalue weighted by atomic mass is 10.2. The van der Waals surface area contributed by atoms with Crippen molar-refractivity contribution in [3.8, 4) is 0 Å². The summed E-state index contributed by atoms with van der Waals surface area (Å²) in [4.78, 5) is 0. The third-order valence-corrected chi connectivity index (χ3v) is 0.789. The van der Waals surface area contributed by atoms with Crippen molar-refractivity contribution >= 4 is 0 Å². The minimum Gasteiger partial charge on any atom is -0.396 e. The molecule has 0 unspecified atom stereocenters. The second kappa shape index (κ2) is 3.66. The van der Waals surface area contributed by atoms with Crippen LogP contribution in [0, 0.1) is 0 Å². The van der Waals surface area contributed by atoms with Crippen LogP contribution in [-0.4, -0.2) is 11.7 Å². The lowest BCUT2D eigenvalue weighted by Gasteiger charge is -1.87. The first-order chi connectivity index (χ1) is 3.31. The Hall–Kier alpha value is -0.520. The van der Waals surface area contributed by atoms with Crippen molar-refractivity contribution in [2.75, 3.05) is 6.61 Å². The molecule has 0 aliphatic carbocycles. The van der Waals surface area contributed by atoms with Gasteiger partial charge in [-0.05, 0) is 18.9 Å². The molecule has 0 spiro atoms. The minimum absolute atomic E-state index is 0.203. The van der Waals surface area contributed by atoms with E-state index in [-0.39, 0.29) is 6.61 Å². The molecule has 1 nitrogen and oxygen atoms in total. The molecular weight excluding hydrogens is 88.1 g/mol. The standard InChI is InChI=1S/C6H10O/c1-3-6(2)4-5-7/h7H,1,4-5H2,2H3. The van der Waals surface area contributed by atoms with Crippen LogP contribution in [0.2, 0.25) is 0 Å². The summed E-state index contributed by atoms with van der Waals surface area (Å²) in [6, 6.07) is 0. The lowest BCUT2D eigenvalue weighted by molar-refractivity contribution is 0.299. The van der Waals surface area contributed by atoms with Crippen molar-refractivity contribution < 1.29 is 5.11 Å². The molecule has 1 heteroatoms. The van der Waals surface area contributed by atoms with Crippen molar-refractivity contribution in [2.45, 2.75) is 13.3 Å². The Morgan fingerprint density at radius 3 is 2.57 bits per heavy atom. The molecule has 0 saturated heterocycles. The summed E-state index contributed by atoms with van der Waals surface area (Å²) in [6.07, 6.45) is 0.698. The van der Waals surface area contributed by atoms with E-state index in [1.54, 1.807) is 0 Å². The van der Waals surface area contributed by atoms with E-state index in [0.29, 0.717) is 6.42 Å². The van der Waals surface area contributed by atoms with Gasteiger partial charge in [0.2, 0.25) is 0 Å². The van der Waals surface area contributed by atoms with Gasteiger partial charge in [0.25, 0.3) is 0 Å². The van der Waals surface area contributed by atoms with Gasteiger partial charge >= 0.3 is 0 Å². The fourth-order valence-electron chi connectivity index (χ4n) is 0.256. The number of aliphatic hydroxyl groups is 1. The summed E-state index contributed by atoms with van der Waals surface area (Å²) in [7, 11) is 0. The fraction of sp³-hybridized carbons (Fsp3) is 0.500. The van der Waals surface area contributed by atoms with E-state index in [0.717, 1.165) is 5.57 Å². The van der Waals surface area contributed by atoms with Crippen LogP contribution in [0.3, 0.4) is 0 Å². The molecule has 0 aromatic rings. The van der Waals surface area contributed by atoms with Crippen molar-refractivity contribution in [3.63, 3.8) is 0 Å². The predicted octanol–water partition coefficient (Wildman–Crippen LogP) is 1.10. The highest BCUT2D eigenvalue weighted by molar-refractivity contribution is 4.93. The summed E-state index contributed by atoms with van der Waals surface area (Å²) in [5, 5.41) is 8.28. The Kier molecular flexibility index (Phi) is 3.39. The van der Waals surface area contributed by atoms with E-state index >= 15 is 0 Å². The quantitative estimate of drug-likeness (QED) is 0.513. The first-order valence-corrected chi connectivity index (χ1v) is 2.27. The van der Waals surface area contributed by atoms with Crippen molar-refractivity contribution in [1.82, 2.24) is 0 Å². The Morgan fingerprint density at radius 1 is 1.86 bits per heavy atom. The molecule has 0 aromatic carbocycles. The molecule has 0 aliphatic heterocycles. The molecule has 0 amide bonds. The normalized spacial score (nSPS) is 7.71. The maximum absolute atomic E-state index is 8.28. The smallest absolute Gasteiger partial charge is 0.0474 e. The highest BCUT2D eigenvalue weighted by Gasteiger charge is 1.80. The molecule has 0 saturated carbocycles. The number of hydrogen-bond acceptors (Lipinski definition) is 1. The van der Waals surface area contributed by atoms with Gasteiger partial charge in [0.15, 0.2) is 0 Å². The van der Waals surface area contributed by atoms with Crippen LogP contribution < -0.4 is 0 Å². The van der Waals surface area contributed by atoms with E-state index in [1.807, 2.05) is 6.92 Å². The molecule has 0 fully saturated rings. The van der Waals surface area contributed by atoms with Crippen LogP contribution in [0.5, 0.6) is 0 Å². The summed E-state index contributed by atoms with van der Waals surface area (Å²) < 4.78 is 0. The van der Waals surface area contributed by atoms with Gasteiger partial charge in [-0.1, -0.05) is 6.58 Å². The molecule has 0 radical (unpaired) electrons. The molecular formula is C6H10O. The van der Waals surface area contributed by atoms with Gasteiger partial charge in [-0.15, -0.1) is 5.73 Å². The average molecular weight is 98.1 g/mol. The average Bonchev–Trinajstić information content (AvgIpc) is 1.68. The van der Waals surface area contributed by atoms with Crippen molar-refractivity contribution in [1.29, 1.82) is 0 Å². The topological polar surface area (TPSA) is 20.2 Å². The van der Waals surface area contributed by atoms with Crippen LogP contribution in [-0.2, 0) is 0 Å². The van der Waals surface area contributed by atoms with Crippen molar-refractivity contribution in [3.05, 3.63) is 17.9 Å². The van der Waals surface area contributed by atoms with E-state index in [1.165, 1.54) is 0 Å². The predicted molar refractivity (Wildman–Crippen MR) is 30.0 cm³/mol. The zero-order chi connectivity index (χ0) is 5.70. The number of aliphatic hydroxyl groups excluding tert-OH is 1.